The zero-order chi connectivity index (χ0) is 46.8. The Hall–Kier alpha value is -7.41. The summed E-state index contributed by atoms with van der Waals surface area (Å²) in [6.07, 6.45) is 0. The van der Waals surface area contributed by atoms with Gasteiger partial charge >= 0.3 is 0 Å². The van der Waals surface area contributed by atoms with Gasteiger partial charge in [-0.1, -0.05) is 243 Å². The first-order valence-electron chi connectivity index (χ1n) is 24.3. The lowest BCUT2D eigenvalue weighted by atomic mass is 9.67. The highest BCUT2D eigenvalue weighted by Gasteiger charge is 2.47. The SMILES string of the molecule is C[Si](C)(O[Si](C)(C)c1ccc(-c2ccc3c(c2)C(c2ccccc2)(c2ccccc2)c2ccccc2-3)cc1)c1ccc(-c2ccc3c(c2)C(c2ccccc2)(c2ccccc2)c2ccccc2-3)cc1. The highest BCUT2D eigenvalue weighted by molar-refractivity contribution is 6.96. The monoisotopic (exact) mass is 918 g/mol. The second-order valence-electron chi connectivity index (χ2n) is 19.9. The molecule has 69 heavy (non-hydrogen) atoms. The largest absolute Gasteiger partial charge is 0.449 e. The van der Waals surface area contributed by atoms with Crippen LogP contribution >= 0.6 is 0 Å². The molecule has 10 aromatic carbocycles. The highest BCUT2D eigenvalue weighted by Crippen LogP contribution is 2.58. The molecular formula is C66H54OSi2. The molecule has 0 saturated heterocycles. The topological polar surface area (TPSA) is 9.23 Å². The van der Waals surface area contributed by atoms with Crippen LogP contribution in [0.4, 0.5) is 0 Å². The summed E-state index contributed by atoms with van der Waals surface area (Å²) < 4.78 is 7.41. The molecule has 0 atom stereocenters. The second kappa shape index (κ2) is 16.7. The van der Waals surface area contributed by atoms with E-state index in [9.17, 15) is 0 Å². The molecule has 1 nitrogen and oxygen atoms in total. The van der Waals surface area contributed by atoms with Gasteiger partial charge in [-0.05, 0) is 138 Å². The average molecular weight is 919 g/mol. The third kappa shape index (κ3) is 6.82. The lowest BCUT2D eigenvalue weighted by molar-refractivity contribution is 0.573. The summed E-state index contributed by atoms with van der Waals surface area (Å²) in [5.41, 5.74) is 19.7. The van der Waals surface area contributed by atoms with Gasteiger partial charge in [0.1, 0.15) is 0 Å². The number of hydrogen-bond acceptors (Lipinski definition) is 1. The third-order valence-electron chi connectivity index (χ3n) is 15.3. The Morgan fingerprint density at radius 1 is 0.261 bits per heavy atom. The van der Waals surface area contributed by atoms with Gasteiger partial charge in [0.2, 0.25) is 16.6 Å². The molecule has 10 aromatic rings. The van der Waals surface area contributed by atoms with Crippen LogP contribution in [-0.4, -0.2) is 16.6 Å². The summed E-state index contributed by atoms with van der Waals surface area (Å²) in [6, 6.07) is 94.9. The second-order valence-corrected chi connectivity index (χ2v) is 27.9. The van der Waals surface area contributed by atoms with E-state index in [2.05, 4.69) is 281 Å². The minimum atomic E-state index is -2.33. The first-order valence-corrected chi connectivity index (χ1v) is 30.1. The summed E-state index contributed by atoms with van der Waals surface area (Å²) in [6.45, 7) is 9.44. The highest BCUT2D eigenvalue weighted by atomic mass is 28.4. The van der Waals surface area contributed by atoms with Gasteiger partial charge in [-0.25, -0.2) is 0 Å². The molecule has 0 radical (unpaired) electrons. The van der Waals surface area contributed by atoms with E-state index in [1.807, 2.05) is 0 Å². The fourth-order valence-corrected chi connectivity index (χ4v) is 20.1. The Morgan fingerprint density at radius 3 is 0.870 bits per heavy atom. The van der Waals surface area contributed by atoms with Gasteiger partial charge in [-0.3, -0.25) is 0 Å². The molecule has 0 fully saturated rings. The molecule has 0 saturated carbocycles. The summed E-state index contributed by atoms with van der Waals surface area (Å²) in [5.74, 6) is 0. The molecule has 12 rings (SSSR count). The van der Waals surface area contributed by atoms with E-state index in [0.29, 0.717) is 0 Å². The smallest absolute Gasteiger partial charge is 0.206 e. The van der Waals surface area contributed by atoms with Crippen LogP contribution in [0.1, 0.15) is 44.5 Å². The Bertz CT molecular complexity index is 3170. The van der Waals surface area contributed by atoms with Crippen LogP contribution in [0.5, 0.6) is 0 Å². The van der Waals surface area contributed by atoms with Crippen molar-refractivity contribution in [2.45, 2.75) is 37.0 Å². The maximum absolute atomic E-state index is 7.41. The maximum Gasteiger partial charge on any atom is 0.206 e. The van der Waals surface area contributed by atoms with Crippen LogP contribution < -0.4 is 10.4 Å². The Balaban J connectivity index is 0.837. The molecule has 0 unspecified atom stereocenters. The van der Waals surface area contributed by atoms with Gasteiger partial charge < -0.3 is 4.12 Å². The molecule has 3 heteroatoms. The molecule has 0 aromatic heterocycles. The van der Waals surface area contributed by atoms with Crippen LogP contribution in [0.3, 0.4) is 0 Å². The van der Waals surface area contributed by atoms with Crippen molar-refractivity contribution in [2.75, 3.05) is 0 Å². The van der Waals surface area contributed by atoms with Gasteiger partial charge in [0.05, 0.1) is 10.8 Å². The van der Waals surface area contributed by atoms with Gasteiger partial charge in [0.15, 0.2) is 0 Å². The van der Waals surface area contributed by atoms with Crippen LogP contribution in [-0.2, 0) is 14.9 Å². The molecule has 0 aliphatic heterocycles. The first-order chi connectivity index (χ1) is 33.7. The van der Waals surface area contributed by atoms with Crippen LogP contribution in [0, 0.1) is 0 Å². The summed E-state index contributed by atoms with van der Waals surface area (Å²) >= 11 is 0. The minimum absolute atomic E-state index is 0.425. The first kappa shape index (κ1) is 42.9. The van der Waals surface area contributed by atoms with Gasteiger partial charge in [-0.2, -0.15) is 0 Å². The van der Waals surface area contributed by atoms with Crippen LogP contribution in [0.2, 0.25) is 26.2 Å². The normalized spacial score (nSPS) is 14.1. The summed E-state index contributed by atoms with van der Waals surface area (Å²) in [4.78, 5) is 0. The number of rotatable bonds is 10. The van der Waals surface area contributed by atoms with Crippen molar-refractivity contribution in [3.8, 4) is 44.5 Å². The lowest BCUT2D eigenvalue weighted by Crippen LogP contribution is -2.57. The standard InChI is InChI=1S/C66H54OSi2/c1-68(2,55-39-33-47(34-40-55)49-37-43-59-57-29-17-19-31-61(57)65(63(59)45-49,51-21-9-5-10-22-51)52-23-11-6-12-24-52)67-69(3,4)56-41-35-48(36-42-56)50-38-44-60-58-30-18-20-32-62(58)66(64(60)46-50,53-25-13-7-14-26-53)54-27-15-8-16-28-54/h5-46H,1-4H3. The van der Waals surface area contributed by atoms with Crippen LogP contribution in [0.25, 0.3) is 44.5 Å². The molecule has 2 aliphatic carbocycles. The van der Waals surface area contributed by atoms with Crippen LogP contribution in [0.15, 0.2) is 255 Å². The van der Waals surface area contributed by atoms with E-state index in [-0.39, 0.29) is 0 Å². The number of fused-ring (bicyclic) bond motifs is 6. The van der Waals surface area contributed by atoms with Gasteiger partial charge in [0.25, 0.3) is 0 Å². The third-order valence-corrected chi connectivity index (χ3v) is 22.8. The van der Waals surface area contributed by atoms with E-state index in [1.165, 1.54) is 99.4 Å². The molecule has 0 bridgehead atoms. The zero-order valence-electron chi connectivity index (χ0n) is 39.7. The van der Waals surface area contributed by atoms with E-state index in [0.717, 1.165) is 0 Å². The van der Waals surface area contributed by atoms with E-state index in [1.54, 1.807) is 0 Å². The predicted octanol–water partition coefficient (Wildman–Crippen LogP) is 15.3. The lowest BCUT2D eigenvalue weighted by Gasteiger charge is -2.35. The fourth-order valence-electron chi connectivity index (χ4n) is 12.1. The van der Waals surface area contributed by atoms with Crippen molar-refractivity contribution in [3.63, 3.8) is 0 Å². The Labute approximate surface area is 409 Å². The molecule has 0 heterocycles. The maximum atomic E-state index is 7.41. The van der Waals surface area contributed by atoms with E-state index < -0.39 is 27.5 Å². The number of hydrogen-bond donors (Lipinski definition) is 0. The van der Waals surface area contributed by atoms with Crippen molar-refractivity contribution in [3.05, 3.63) is 299 Å². The van der Waals surface area contributed by atoms with Gasteiger partial charge in [-0.15, -0.1) is 0 Å². The van der Waals surface area contributed by atoms with E-state index >= 15 is 0 Å². The summed E-state index contributed by atoms with van der Waals surface area (Å²) in [5, 5.41) is 2.61. The van der Waals surface area contributed by atoms with Crippen molar-refractivity contribution in [1.29, 1.82) is 0 Å². The molecule has 332 valence electrons. The average Bonchev–Trinajstić information content (AvgIpc) is 3.87. The molecule has 0 spiro atoms. The zero-order valence-corrected chi connectivity index (χ0v) is 41.7. The predicted molar refractivity (Wildman–Crippen MR) is 294 cm³/mol. The molecule has 0 N–H and O–H groups in total. The number of benzene rings is 10. The van der Waals surface area contributed by atoms with E-state index in [4.69, 9.17) is 4.12 Å². The molecular weight excluding hydrogens is 865 g/mol. The van der Waals surface area contributed by atoms with Crippen molar-refractivity contribution in [2.24, 2.45) is 0 Å². The quantitative estimate of drug-likeness (QED) is 0.124. The van der Waals surface area contributed by atoms with Crippen molar-refractivity contribution < 1.29 is 4.12 Å². The Morgan fingerprint density at radius 2 is 0.536 bits per heavy atom. The van der Waals surface area contributed by atoms with Gasteiger partial charge in [0, 0.05) is 0 Å². The van der Waals surface area contributed by atoms with Crippen molar-refractivity contribution >= 4 is 27.0 Å². The Kier molecular flexibility index (Phi) is 10.4. The molecule has 2 aliphatic rings. The fraction of sp³-hybridized carbons (Fsp3) is 0.0909. The minimum Gasteiger partial charge on any atom is -0.449 e. The van der Waals surface area contributed by atoms with Crippen molar-refractivity contribution in [1.82, 2.24) is 0 Å². The molecule has 0 amide bonds. The summed E-state index contributed by atoms with van der Waals surface area (Å²) in [7, 11) is -4.66.